The van der Waals surface area contributed by atoms with E-state index in [1.807, 2.05) is 48.5 Å². The molecule has 0 aliphatic carbocycles. The van der Waals surface area contributed by atoms with Gasteiger partial charge in [-0.15, -0.1) is 0 Å². The van der Waals surface area contributed by atoms with Gasteiger partial charge in [-0.3, -0.25) is 4.79 Å². The van der Waals surface area contributed by atoms with E-state index in [-0.39, 0.29) is 12.7 Å². The van der Waals surface area contributed by atoms with E-state index in [1.165, 1.54) is 0 Å². The third-order valence-corrected chi connectivity index (χ3v) is 5.56. The lowest BCUT2D eigenvalue weighted by Crippen LogP contribution is -2.38. The minimum atomic E-state index is -0.396. The Balaban J connectivity index is 1.47. The topological polar surface area (TPSA) is 48.0 Å². The van der Waals surface area contributed by atoms with Gasteiger partial charge < -0.3 is 19.1 Å². The van der Waals surface area contributed by atoms with Crippen LogP contribution in [0.2, 0.25) is 0 Å². The maximum atomic E-state index is 13.3. The van der Waals surface area contributed by atoms with Gasteiger partial charge in [0, 0.05) is 17.9 Å². The standard InChI is InChI=1S/C25H23NO4/c27-25(23-10-5-15-28-23)26(16-20-8-4-9-22-24(20)30-17-29-22)21-13-11-19(12-14-21)18-6-2-1-3-7-18/h1-4,6-9,11-14,23H,5,10,15-17H2/t23-/m1/s1. The minimum absolute atomic E-state index is 0.0171. The second-order valence-corrected chi connectivity index (χ2v) is 7.49. The molecule has 3 aromatic rings. The number of benzene rings is 3. The summed E-state index contributed by atoms with van der Waals surface area (Å²) < 4.78 is 16.9. The van der Waals surface area contributed by atoms with Crippen LogP contribution in [0.25, 0.3) is 11.1 Å². The molecule has 2 heterocycles. The molecule has 0 aromatic heterocycles. The number of para-hydroxylation sites is 1. The lowest BCUT2D eigenvalue weighted by molar-refractivity contribution is -0.127. The first-order chi connectivity index (χ1) is 14.8. The highest BCUT2D eigenvalue weighted by molar-refractivity contribution is 5.97. The molecule has 0 bridgehead atoms. The van der Waals surface area contributed by atoms with Crippen molar-refractivity contribution in [1.82, 2.24) is 0 Å². The molecule has 2 aliphatic rings. The summed E-state index contributed by atoms with van der Waals surface area (Å²) in [5, 5.41) is 0. The smallest absolute Gasteiger partial charge is 0.256 e. The number of fused-ring (bicyclic) bond motifs is 1. The monoisotopic (exact) mass is 401 g/mol. The SMILES string of the molecule is O=C([C@H]1CCCO1)N(Cc1cccc2c1OCO2)c1ccc(-c2ccccc2)cc1. The van der Waals surface area contributed by atoms with Crippen LogP contribution in [0.4, 0.5) is 5.69 Å². The molecule has 0 N–H and O–H groups in total. The fourth-order valence-corrected chi connectivity index (χ4v) is 3.99. The van der Waals surface area contributed by atoms with E-state index < -0.39 is 6.10 Å². The number of hydrogen-bond acceptors (Lipinski definition) is 4. The number of hydrogen-bond donors (Lipinski definition) is 0. The Morgan fingerprint density at radius 3 is 2.47 bits per heavy atom. The maximum Gasteiger partial charge on any atom is 0.256 e. The van der Waals surface area contributed by atoms with Crippen LogP contribution in [-0.2, 0) is 16.1 Å². The number of amides is 1. The third-order valence-electron chi connectivity index (χ3n) is 5.56. The molecule has 0 unspecified atom stereocenters. The van der Waals surface area contributed by atoms with Gasteiger partial charge in [-0.25, -0.2) is 0 Å². The predicted octanol–water partition coefficient (Wildman–Crippen LogP) is 4.79. The highest BCUT2D eigenvalue weighted by atomic mass is 16.7. The molecule has 3 aromatic carbocycles. The minimum Gasteiger partial charge on any atom is -0.454 e. The van der Waals surface area contributed by atoms with Crippen molar-refractivity contribution >= 4 is 11.6 Å². The predicted molar refractivity (Wildman–Crippen MR) is 115 cm³/mol. The lowest BCUT2D eigenvalue weighted by atomic mass is 10.0. The second-order valence-electron chi connectivity index (χ2n) is 7.49. The molecule has 5 rings (SSSR count). The summed E-state index contributed by atoms with van der Waals surface area (Å²) in [5.41, 5.74) is 4.02. The number of carbonyl (C=O) groups excluding carboxylic acids is 1. The molecular formula is C25H23NO4. The van der Waals surface area contributed by atoms with Crippen molar-refractivity contribution in [3.63, 3.8) is 0 Å². The van der Waals surface area contributed by atoms with Gasteiger partial charge in [-0.05, 0) is 42.2 Å². The van der Waals surface area contributed by atoms with E-state index >= 15 is 0 Å². The van der Waals surface area contributed by atoms with Crippen LogP contribution in [0, 0.1) is 0 Å². The van der Waals surface area contributed by atoms with E-state index in [0.29, 0.717) is 18.9 Å². The lowest BCUT2D eigenvalue weighted by Gasteiger charge is -2.26. The molecule has 1 amide bonds. The average molecular weight is 401 g/mol. The van der Waals surface area contributed by atoms with Crippen LogP contribution in [0.3, 0.4) is 0 Å². The van der Waals surface area contributed by atoms with Gasteiger partial charge in [0.2, 0.25) is 6.79 Å². The van der Waals surface area contributed by atoms with Gasteiger partial charge in [0.15, 0.2) is 11.5 Å². The Labute approximate surface area is 175 Å². The third kappa shape index (κ3) is 3.64. The van der Waals surface area contributed by atoms with Crippen LogP contribution in [0.5, 0.6) is 11.5 Å². The van der Waals surface area contributed by atoms with Crippen LogP contribution in [0.1, 0.15) is 18.4 Å². The molecule has 1 saturated heterocycles. The molecule has 0 radical (unpaired) electrons. The van der Waals surface area contributed by atoms with Crippen molar-refractivity contribution in [2.45, 2.75) is 25.5 Å². The Kier molecular flexibility index (Phi) is 5.11. The normalized spacial score (nSPS) is 17.1. The Morgan fingerprint density at radius 1 is 0.900 bits per heavy atom. The average Bonchev–Trinajstić information content (AvgIpc) is 3.50. The van der Waals surface area contributed by atoms with Crippen LogP contribution in [-0.4, -0.2) is 25.4 Å². The van der Waals surface area contributed by atoms with E-state index in [0.717, 1.165) is 41.0 Å². The molecule has 2 aliphatic heterocycles. The van der Waals surface area contributed by atoms with Crippen molar-refractivity contribution in [3.8, 4) is 22.6 Å². The van der Waals surface area contributed by atoms with E-state index in [2.05, 4.69) is 24.3 Å². The molecule has 30 heavy (non-hydrogen) atoms. The van der Waals surface area contributed by atoms with Gasteiger partial charge in [0.1, 0.15) is 6.10 Å². The number of rotatable bonds is 5. The van der Waals surface area contributed by atoms with E-state index in [1.54, 1.807) is 4.90 Å². The highest BCUT2D eigenvalue weighted by Gasteiger charge is 2.30. The summed E-state index contributed by atoms with van der Waals surface area (Å²) in [6.45, 7) is 1.24. The first kappa shape index (κ1) is 18.7. The van der Waals surface area contributed by atoms with E-state index in [4.69, 9.17) is 14.2 Å². The van der Waals surface area contributed by atoms with Gasteiger partial charge in [0.05, 0.1) is 6.54 Å². The van der Waals surface area contributed by atoms with Crippen molar-refractivity contribution < 1.29 is 19.0 Å². The molecule has 0 saturated carbocycles. The Hall–Kier alpha value is -3.31. The molecular weight excluding hydrogens is 378 g/mol. The van der Waals surface area contributed by atoms with Crippen LogP contribution in [0.15, 0.2) is 72.8 Å². The van der Waals surface area contributed by atoms with Crippen molar-refractivity contribution in [2.24, 2.45) is 0 Å². The Bertz CT molecular complexity index is 1030. The van der Waals surface area contributed by atoms with Crippen molar-refractivity contribution in [1.29, 1.82) is 0 Å². The van der Waals surface area contributed by atoms with Crippen molar-refractivity contribution in [3.05, 3.63) is 78.4 Å². The fraction of sp³-hybridized carbons (Fsp3) is 0.240. The zero-order valence-corrected chi connectivity index (χ0v) is 16.6. The first-order valence-electron chi connectivity index (χ1n) is 10.3. The van der Waals surface area contributed by atoms with Crippen LogP contribution < -0.4 is 14.4 Å². The zero-order valence-electron chi connectivity index (χ0n) is 16.6. The summed E-state index contributed by atoms with van der Waals surface area (Å²) in [6, 6.07) is 24.1. The summed E-state index contributed by atoms with van der Waals surface area (Å²) in [7, 11) is 0. The van der Waals surface area contributed by atoms with E-state index in [9.17, 15) is 4.79 Å². The van der Waals surface area contributed by atoms with Gasteiger partial charge in [0.25, 0.3) is 5.91 Å². The summed E-state index contributed by atoms with van der Waals surface area (Å²) in [6.07, 6.45) is 1.27. The number of anilines is 1. The molecule has 5 heteroatoms. The largest absolute Gasteiger partial charge is 0.454 e. The summed E-state index contributed by atoms with van der Waals surface area (Å²) in [4.78, 5) is 15.1. The quantitative estimate of drug-likeness (QED) is 0.617. The van der Waals surface area contributed by atoms with Crippen LogP contribution >= 0.6 is 0 Å². The zero-order chi connectivity index (χ0) is 20.3. The molecule has 152 valence electrons. The summed E-state index contributed by atoms with van der Waals surface area (Å²) in [5.74, 6) is 1.41. The molecule has 1 atom stereocenters. The second kappa shape index (κ2) is 8.20. The number of nitrogens with zero attached hydrogens (tertiary/aromatic N) is 1. The van der Waals surface area contributed by atoms with Gasteiger partial charge >= 0.3 is 0 Å². The fourth-order valence-electron chi connectivity index (χ4n) is 3.99. The molecule has 0 spiro atoms. The summed E-state index contributed by atoms with van der Waals surface area (Å²) >= 11 is 0. The Morgan fingerprint density at radius 2 is 1.70 bits per heavy atom. The maximum absolute atomic E-state index is 13.3. The first-order valence-corrected chi connectivity index (χ1v) is 10.3. The number of ether oxygens (including phenoxy) is 3. The van der Waals surface area contributed by atoms with Crippen molar-refractivity contribution in [2.75, 3.05) is 18.3 Å². The molecule has 1 fully saturated rings. The highest BCUT2D eigenvalue weighted by Crippen LogP contribution is 2.37. The number of carbonyl (C=O) groups is 1. The van der Waals surface area contributed by atoms with Gasteiger partial charge in [-0.2, -0.15) is 0 Å². The van der Waals surface area contributed by atoms with Gasteiger partial charge in [-0.1, -0.05) is 54.6 Å². The molecule has 5 nitrogen and oxygen atoms in total.